The molecule has 2 rings (SSSR count). The van der Waals surface area contributed by atoms with Gasteiger partial charge < -0.3 is 20.7 Å². The normalized spacial score (nSPS) is 19.8. The number of nitrogens with two attached hydrogens (primary N) is 1. The number of nitrogens with zero attached hydrogens (tertiary/aromatic N) is 1. The summed E-state index contributed by atoms with van der Waals surface area (Å²) in [5.74, 6) is -4.38. The highest BCUT2D eigenvalue weighted by atomic mass is 16.5. The molecule has 302 valence electrons. The summed E-state index contributed by atoms with van der Waals surface area (Å²) in [4.78, 5) is 95.2. The second-order valence-electron chi connectivity index (χ2n) is 16.7. The number of hydrogen-bond acceptors (Lipinski definition) is 8. The Balaban J connectivity index is 2.29. The average molecular weight is 746 g/mol. The van der Waals surface area contributed by atoms with Crippen LogP contribution in [0.25, 0.3) is 0 Å². The van der Waals surface area contributed by atoms with Crippen LogP contribution in [0.2, 0.25) is 0 Å². The quantitative estimate of drug-likeness (QED) is 0.0986. The van der Waals surface area contributed by atoms with Gasteiger partial charge in [-0.15, -0.1) is 0 Å². The molecule has 1 aliphatic heterocycles. The molecule has 1 saturated heterocycles. The smallest absolute Gasteiger partial charge is 0.239 e. The largest absolute Gasteiger partial charge is 0.371 e. The van der Waals surface area contributed by atoms with Gasteiger partial charge in [0, 0.05) is 56.4 Å². The molecule has 3 N–H and O–H groups in total. The van der Waals surface area contributed by atoms with E-state index in [1.54, 1.807) is 4.90 Å². The maximum atomic E-state index is 14.7. The molecule has 0 bridgehead atoms. The Labute approximate surface area is 319 Å². The van der Waals surface area contributed by atoms with E-state index in [-0.39, 0.29) is 68.0 Å². The highest BCUT2D eigenvalue weighted by molar-refractivity contribution is 6.38. The molecule has 3 amide bonds. The number of nitrogens with one attached hydrogen (secondary N) is 1. The van der Waals surface area contributed by atoms with Crippen LogP contribution in [0.5, 0.6) is 0 Å². The van der Waals surface area contributed by atoms with Crippen LogP contribution in [0.1, 0.15) is 170 Å². The Morgan fingerprint density at radius 1 is 0.792 bits per heavy atom. The van der Waals surface area contributed by atoms with Gasteiger partial charge in [-0.1, -0.05) is 79.1 Å². The Bertz CT molecular complexity index is 1230. The zero-order chi connectivity index (χ0) is 39.7. The number of Topliss-reactive ketones (excluding diaryl/α,β-unsaturated/α-hetero) is 4. The maximum Gasteiger partial charge on any atom is 0.239 e. The molecule has 0 spiro atoms. The van der Waals surface area contributed by atoms with Crippen LogP contribution >= 0.6 is 0 Å². The molecule has 0 radical (unpaired) electrons. The fourth-order valence-corrected chi connectivity index (χ4v) is 8.27. The summed E-state index contributed by atoms with van der Waals surface area (Å²) < 4.78 is 6.32. The fourth-order valence-electron chi connectivity index (χ4n) is 8.27. The van der Waals surface area contributed by atoms with Crippen LogP contribution in [0.3, 0.4) is 0 Å². The third-order valence-electron chi connectivity index (χ3n) is 11.0. The highest BCUT2D eigenvalue weighted by Gasteiger charge is 2.46. The van der Waals surface area contributed by atoms with Crippen molar-refractivity contribution in [3.8, 4) is 0 Å². The van der Waals surface area contributed by atoms with Crippen LogP contribution in [0, 0.1) is 23.7 Å². The van der Waals surface area contributed by atoms with Crippen molar-refractivity contribution in [3.05, 3.63) is 0 Å². The molecule has 1 heterocycles. The number of hydrogen-bond donors (Lipinski definition) is 2. The standard InChI is InChI=1S/C42H71N3O8/c1-8-12-21-33(40(43)51)44-38(49)23-22-35(46)39(50)30(18-11-4)24-37(48)34-25-31(53-42(5,6)7)27-45(34)41(52)32(28-19-14-13-15-20-28)26-36(47)29(16-9-2)17-10-3/h28-34H,8-27H2,1-7H3,(H2,43,51)(H,44,49)/t30?,31-,32?,33?,34+/m1/s1. The average Bonchev–Trinajstić information content (AvgIpc) is 3.53. The van der Waals surface area contributed by atoms with Crippen molar-refractivity contribution in [2.75, 3.05) is 6.54 Å². The Morgan fingerprint density at radius 3 is 1.94 bits per heavy atom. The van der Waals surface area contributed by atoms with Crippen molar-refractivity contribution in [2.24, 2.45) is 29.4 Å². The summed E-state index contributed by atoms with van der Waals surface area (Å²) in [6.07, 6.45) is 10.3. The molecule has 0 aromatic heterocycles. The van der Waals surface area contributed by atoms with E-state index in [1.807, 2.05) is 34.6 Å². The van der Waals surface area contributed by atoms with E-state index in [9.17, 15) is 33.6 Å². The third kappa shape index (κ3) is 15.4. The highest BCUT2D eigenvalue weighted by Crippen LogP contribution is 2.37. The first-order chi connectivity index (χ1) is 25.1. The van der Waals surface area contributed by atoms with Crippen LogP contribution in [0.4, 0.5) is 0 Å². The van der Waals surface area contributed by atoms with Crippen molar-refractivity contribution in [1.82, 2.24) is 10.2 Å². The molecule has 0 aromatic rings. The predicted octanol–water partition coefficient (Wildman–Crippen LogP) is 6.60. The van der Waals surface area contributed by atoms with Gasteiger partial charge >= 0.3 is 0 Å². The Kier molecular flexibility index (Phi) is 20.1. The molecular formula is C42H71N3O8. The minimum absolute atomic E-state index is 0.0663. The molecule has 5 atom stereocenters. The zero-order valence-corrected chi connectivity index (χ0v) is 34.0. The SMILES string of the molecule is CCCCC(NC(=O)CCC(=O)C(=O)C(CCC)CC(=O)[C@@H]1C[C@@H](OC(C)(C)C)CN1C(=O)C(CC(=O)C(CCC)CCC)C1CCCCC1)C(N)=O. The van der Waals surface area contributed by atoms with Crippen molar-refractivity contribution in [3.63, 3.8) is 0 Å². The van der Waals surface area contributed by atoms with Crippen molar-refractivity contribution in [1.29, 1.82) is 0 Å². The van der Waals surface area contributed by atoms with Gasteiger partial charge in [-0.05, 0) is 65.2 Å². The summed E-state index contributed by atoms with van der Waals surface area (Å²) in [7, 11) is 0. The summed E-state index contributed by atoms with van der Waals surface area (Å²) in [5, 5.41) is 2.57. The van der Waals surface area contributed by atoms with Crippen LogP contribution in [-0.4, -0.2) is 76.1 Å². The minimum Gasteiger partial charge on any atom is -0.371 e. The molecule has 53 heavy (non-hydrogen) atoms. The molecule has 11 heteroatoms. The number of carbonyl (C=O) groups excluding carboxylic acids is 7. The summed E-state index contributed by atoms with van der Waals surface area (Å²) in [6, 6.07) is -1.67. The van der Waals surface area contributed by atoms with Gasteiger partial charge in [-0.3, -0.25) is 33.6 Å². The molecule has 1 saturated carbocycles. The number of carbonyl (C=O) groups is 7. The topological polar surface area (TPSA) is 170 Å². The van der Waals surface area contributed by atoms with Gasteiger partial charge in [-0.25, -0.2) is 0 Å². The van der Waals surface area contributed by atoms with Gasteiger partial charge in [0.2, 0.25) is 23.5 Å². The van der Waals surface area contributed by atoms with Crippen molar-refractivity contribution >= 4 is 40.9 Å². The lowest BCUT2D eigenvalue weighted by atomic mass is 9.75. The third-order valence-corrected chi connectivity index (χ3v) is 11.0. The van der Waals surface area contributed by atoms with Crippen molar-refractivity contribution < 1.29 is 38.3 Å². The fraction of sp³-hybridized carbons (Fsp3) is 0.833. The molecule has 1 aliphatic carbocycles. The maximum absolute atomic E-state index is 14.7. The van der Waals surface area contributed by atoms with E-state index in [0.717, 1.165) is 64.2 Å². The van der Waals surface area contributed by atoms with Crippen LogP contribution < -0.4 is 11.1 Å². The van der Waals surface area contributed by atoms with E-state index in [2.05, 4.69) is 19.2 Å². The van der Waals surface area contributed by atoms with Gasteiger partial charge in [0.25, 0.3) is 0 Å². The minimum atomic E-state index is -0.884. The lowest BCUT2D eigenvalue weighted by molar-refractivity contribution is -0.146. The van der Waals surface area contributed by atoms with Gasteiger partial charge in [0.05, 0.1) is 17.7 Å². The molecular weight excluding hydrogens is 674 g/mol. The van der Waals surface area contributed by atoms with E-state index < -0.39 is 59.0 Å². The molecule has 3 unspecified atom stereocenters. The van der Waals surface area contributed by atoms with Crippen molar-refractivity contribution in [2.45, 2.75) is 194 Å². The number of rotatable bonds is 25. The molecule has 2 fully saturated rings. The van der Waals surface area contributed by atoms with Gasteiger partial charge in [0.1, 0.15) is 11.8 Å². The van der Waals surface area contributed by atoms with Crippen LogP contribution in [0.15, 0.2) is 0 Å². The first-order valence-corrected chi connectivity index (χ1v) is 20.8. The number of primary amides is 1. The summed E-state index contributed by atoms with van der Waals surface area (Å²) >= 11 is 0. The summed E-state index contributed by atoms with van der Waals surface area (Å²) in [5.41, 5.74) is 4.91. The molecule has 0 aromatic carbocycles. The van der Waals surface area contributed by atoms with Gasteiger partial charge in [-0.2, -0.15) is 0 Å². The van der Waals surface area contributed by atoms with E-state index >= 15 is 0 Å². The summed E-state index contributed by atoms with van der Waals surface area (Å²) in [6.45, 7) is 14.0. The van der Waals surface area contributed by atoms with E-state index in [0.29, 0.717) is 25.7 Å². The first-order valence-electron chi connectivity index (χ1n) is 20.8. The second-order valence-corrected chi connectivity index (χ2v) is 16.7. The van der Waals surface area contributed by atoms with Gasteiger partial charge in [0.15, 0.2) is 11.6 Å². The molecule has 2 aliphatic rings. The van der Waals surface area contributed by atoms with Crippen LogP contribution in [-0.2, 0) is 38.3 Å². The number of unbranched alkanes of at least 4 members (excludes halogenated alkanes) is 1. The monoisotopic (exact) mass is 746 g/mol. The number of ether oxygens (including phenoxy) is 1. The Hall–Kier alpha value is -2.95. The van der Waals surface area contributed by atoms with E-state index in [1.165, 1.54) is 0 Å². The second kappa shape index (κ2) is 23.1. The zero-order valence-electron chi connectivity index (χ0n) is 34.0. The lowest BCUT2D eigenvalue weighted by Gasteiger charge is -2.35. The number of amides is 3. The number of likely N-dealkylation sites (tertiary alicyclic amines) is 1. The first kappa shape index (κ1) is 46.2. The predicted molar refractivity (Wildman–Crippen MR) is 206 cm³/mol. The molecule has 11 nitrogen and oxygen atoms in total. The number of ketones is 4. The lowest BCUT2D eigenvalue weighted by Crippen LogP contribution is -2.47. The Morgan fingerprint density at radius 2 is 1.40 bits per heavy atom. The van der Waals surface area contributed by atoms with E-state index in [4.69, 9.17) is 10.5 Å².